The van der Waals surface area contributed by atoms with Gasteiger partial charge in [0.2, 0.25) is 23.6 Å². The van der Waals surface area contributed by atoms with Gasteiger partial charge < -0.3 is 32.8 Å². The number of carbonyl (C=O) groups excluding carboxylic acids is 4. The smallest absolute Gasteiger partial charge is 0.246 e. The van der Waals surface area contributed by atoms with Crippen LogP contribution in [0.4, 0.5) is 0 Å². The molecule has 1 aromatic heterocycles. The van der Waals surface area contributed by atoms with Crippen LogP contribution in [0.5, 0.6) is 0 Å². The Bertz CT molecular complexity index is 1660. The van der Waals surface area contributed by atoms with Crippen molar-refractivity contribution >= 4 is 34.5 Å². The van der Waals surface area contributed by atoms with Gasteiger partial charge in [-0.05, 0) is 35.7 Å². The second kappa shape index (κ2) is 14.5. The average Bonchev–Trinajstić information content (AvgIpc) is 3.63. The van der Waals surface area contributed by atoms with E-state index < -0.39 is 41.9 Å². The van der Waals surface area contributed by atoms with E-state index in [-0.39, 0.29) is 70.3 Å². The first kappa shape index (κ1) is 32.6. The van der Waals surface area contributed by atoms with Gasteiger partial charge in [0.25, 0.3) is 0 Å². The van der Waals surface area contributed by atoms with Gasteiger partial charge in [0, 0.05) is 69.1 Å². The van der Waals surface area contributed by atoms with E-state index in [0.29, 0.717) is 6.42 Å². The maximum absolute atomic E-state index is 14.1. The number of H-pyrrole nitrogens is 1. The first-order valence-corrected chi connectivity index (χ1v) is 15.0. The summed E-state index contributed by atoms with van der Waals surface area (Å²) in [6.07, 6.45) is 2.85. The number of nitrogens with one attached hydrogen (secondary N) is 4. The molecule has 2 saturated heterocycles. The van der Waals surface area contributed by atoms with E-state index in [1.54, 1.807) is 0 Å². The van der Waals surface area contributed by atoms with Crippen molar-refractivity contribution < 1.29 is 51.9 Å². The second-order valence-electron chi connectivity index (χ2n) is 11.7. The van der Waals surface area contributed by atoms with E-state index in [1.807, 2.05) is 91.1 Å². The van der Waals surface area contributed by atoms with Gasteiger partial charge in [-0.2, -0.15) is 0 Å². The third-order valence-corrected chi connectivity index (χ3v) is 8.52. The Balaban J connectivity index is 0.00000400. The van der Waals surface area contributed by atoms with Gasteiger partial charge in [-0.3, -0.25) is 19.2 Å². The largest absolute Gasteiger partial charge is 0.361 e. The maximum Gasteiger partial charge on any atom is 0.246 e. The van der Waals surface area contributed by atoms with Crippen molar-refractivity contribution in [3.63, 3.8) is 0 Å². The summed E-state index contributed by atoms with van der Waals surface area (Å²) < 4.78 is 0. The quantitative estimate of drug-likeness (QED) is 0.234. The van der Waals surface area contributed by atoms with Crippen LogP contribution < -0.4 is 16.0 Å². The maximum atomic E-state index is 14.1. The number of aromatic amines is 1. The van der Waals surface area contributed by atoms with E-state index in [4.69, 9.17) is 0 Å². The molecule has 0 unspecified atom stereocenters. The normalized spacial score (nSPS) is 24.0. The third kappa shape index (κ3) is 7.53. The first-order valence-electron chi connectivity index (χ1n) is 15.0. The zero-order valence-electron chi connectivity index (χ0n) is 24.9. The van der Waals surface area contributed by atoms with Crippen LogP contribution in [0, 0.1) is 12.8 Å². The number of carbonyl (C=O) groups is 4. The van der Waals surface area contributed by atoms with Gasteiger partial charge >= 0.3 is 0 Å². The molecule has 10 heteroatoms. The van der Waals surface area contributed by atoms with Crippen LogP contribution in [0.3, 0.4) is 0 Å². The molecule has 2 aliphatic rings. The van der Waals surface area contributed by atoms with Crippen LogP contribution in [0.15, 0.2) is 91.1 Å². The summed E-state index contributed by atoms with van der Waals surface area (Å²) in [5.74, 6) is -1.84. The number of para-hydroxylation sites is 1. The van der Waals surface area contributed by atoms with Crippen molar-refractivity contribution in [3.05, 3.63) is 115 Å². The molecule has 45 heavy (non-hydrogen) atoms. The molecule has 4 N–H and O–H groups in total. The van der Waals surface area contributed by atoms with Crippen LogP contribution >= 0.6 is 0 Å². The van der Waals surface area contributed by atoms with Crippen molar-refractivity contribution in [2.75, 3.05) is 6.54 Å². The molecule has 0 saturated carbocycles. The van der Waals surface area contributed by atoms with Crippen molar-refractivity contribution in [1.29, 1.82) is 0 Å². The molecule has 4 amide bonds. The Hall–Kier alpha value is -3.82. The van der Waals surface area contributed by atoms with Gasteiger partial charge in [0.05, 0.1) is 0 Å². The van der Waals surface area contributed by atoms with E-state index >= 15 is 0 Å². The van der Waals surface area contributed by atoms with E-state index in [9.17, 15) is 19.2 Å². The number of aromatic nitrogens is 1. The topological polar surface area (TPSA) is 123 Å². The molecule has 0 aliphatic carbocycles. The molecule has 6 rings (SSSR count). The number of fused-ring (bicyclic) bond motifs is 2. The second-order valence-corrected chi connectivity index (χ2v) is 11.7. The van der Waals surface area contributed by atoms with Crippen molar-refractivity contribution in [2.24, 2.45) is 5.92 Å². The minimum atomic E-state index is -1.00. The number of hydrogen-bond donors (Lipinski definition) is 4. The van der Waals surface area contributed by atoms with Crippen molar-refractivity contribution in [1.82, 2.24) is 25.8 Å². The summed E-state index contributed by atoms with van der Waals surface area (Å²) >= 11 is 0. The van der Waals surface area contributed by atoms with Gasteiger partial charge in [-0.25, -0.2) is 0 Å². The number of benzene rings is 3. The molecule has 2 fully saturated rings. The third-order valence-electron chi connectivity index (χ3n) is 8.52. The predicted molar refractivity (Wildman–Crippen MR) is 167 cm³/mol. The van der Waals surface area contributed by atoms with E-state index in [1.165, 1.54) is 4.90 Å². The Kier molecular flexibility index (Phi) is 10.5. The predicted octanol–water partition coefficient (Wildman–Crippen LogP) is 2.71. The van der Waals surface area contributed by atoms with Crippen LogP contribution in [-0.4, -0.2) is 64.2 Å². The summed E-state index contributed by atoms with van der Waals surface area (Å²) in [6.45, 7) is 4.42. The number of nitrogens with zero attached hydrogens (tertiary/aromatic N) is 1. The number of rotatable bonds is 6. The molecule has 0 spiro atoms. The number of amides is 4. The van der Waals surface area contributed by atoms with Gasteiger partial charge in [0.1, 0.15) is 24.2 Å². The monoisotopic (exact) mass is 679 g/mol. The molecular formula is C35H36N5O4Y-. The molecule has 229 valence electrons. The van der Waals surface area contributed by atoms with Crippen LogP contribution in [0.1, 0.15) is 23.1 Å². The number of hydrogen-bond acceptors (Lipinski definition) is 4. The van der Waals surface area contributed by atoms with Gasteiger partial charge in [0.15, 0.2) is 0 Å². The molecular weight excluding hydrogens is 643 g/mol. The molecule has 9 nitrogen and oxygen atoms in total. The standard InChI is InChI=1S/C35H36N5O4.Y/c1-22-16-31-34(43)38-28(17-23-10-4-2-5-11-23)32(41)37-29(19-25-20-36-27-15-9-8-14-26(25)27)33(42)39-30(35(44)40(31)21-22)18-24-12-6-3-7-13-24;/h2-15,20,22,28-31,36H,1,16-19,21H2,(H,37,41)(H,38,43)(H,39,42);/q-1;/t22-,28-,29+,30-,31+;/m0./s1. The molecule has 0 bridgehead atoms. The van der Waals surface area contributed by atoms with Gasteiger partial charge in [-0.1, -0.05) is 78.9 Å². The fourth-order valence-corrected chi connectivity index (χ4v) is 6.27. The molecule has 2 aliphatic heterocycles. The summed E-state index contributed by atoms with van der Waals surface area (Å²) in [7, 11) is 0. The van der Waals surface area contributed by atoms with Crippen LogP contribution in [-0.2, 0) is 71.1 Å². The molecule has 5 atom stereocenters. The summed E-state index contributed by atoms with van der Waals surface area (Å²) in [5, 5.41) is 9.75. The average molecular weight is 680 g/mol. The Labute approximate surface area is 287 Å². The fourth-order valence-electron chi connectivity index (χ4n) is 6.27. The van der Waals surface area contributed by atoms with E-state index in [0.717, 1.165) is 27.6 Å². The Morgan fingerprint density at radius 3 is 1.87 bits per heavy atom. The minimum absolute atomic E-state index is 0. The summed E-state index contributed by atoms with van der Waals surface area (Å²) in [5.41, 5.74) is 3.48. The minimum Gasteiger partial charge on any atom is -0.361 e. The molecule has 3 aromatic carbocycles. The fraction of sp³-hybridized carbons (Fsp3) is 0.286. The summed E-state index contributed by atoms with van der Waals surface area (Å²) in [6, 6.07) is 22.9. The van der Waals surface area contributed by atoms with E-state index in [2.05, 4.69) is 27.9 Å². The van der Waals surface area contributed by atoms with Crippen molar-refractivity contribution in [2.45, 2.75) is 49.9 Å². The first-order chi connectivity index (χ1) is 21.4. The van der Waals surface area contributed by atoms with Gasteiger partial charge in [-0.15, -0.1) is 5.92 Å². The zero-order chi connectivity index (χ0) is 30.6. The Morgan fingerprint density at radius 2 is 1.20 bits per heavy atom. The summed E-state index contributed by atoms with van der Waals surface area (Å²) in [4.78, 5) is 60.6. The molecule has 4 aromatic rings. The zero-order valence-corrected chi connectivity index (χ0v) is 27.8. The van der Waals surface area contributed by atoms with Crippen LogP contribution in [0.2, 0.25) is 0 Å². The van der Waals surface area contributed by atoms with Crippen LogP contribution in [0.25, 0.3) is 10.9 Å². The van der Waals surface area contributed by atoms with Crippen molar-refractivity contribution in [3.8, 4) is 0 Å². The Morgan fingerprint density at radius 1 is 0.667 bits per heavy atom. The molecule has 1 radical (unpaired) electrons. The SMILES string of the molecule is [CH2-][C@H]1C[C@@H]2C(=O)N[C@@H](Cc3ccccc3)C(=O)N[C@H](Cc3c[nH]c4ccccc34)C(=O)N[C@@H](Cc3ccccc3)C(=O)N2C1.[Y]. The molecule has 3 heterocycles.